The molecule has 6 heteroatoms. The molecule has 0 amide bonds. The number of hydrogen-bond donors (Lipinski definition) is 2. The number of ether oxygens (including phenoxy) is 1. The number of nitrogens with two attached hydrogens (primary N) is 2. The monoisotopic (exact) mass is 269 g/mol. The van der Waals surface area contributed by atoms with Crippen LogP contribution in [0, 0.1) is 0 Å². The summed E-state index contributed by atoms with van der Waals surface area (Å²) >= 11 is 0. The summed E-state index contributed by atoms with van der Waals surface area (Å²) in [5, 5.41) is 1.69. The number of fused-ring (bicyclic) bond motifs is 2. The van der Waals surface area contributed by atoms with Gasteiger partial charge >= 0.3 is 0 Å². The Bertz CT molecular complexity index is 787. The number of hydrogen-bond acceptors (Lipinski definition) is 6. The van der Waals surface area contributed by atoms with E-state index < -0.39 is 0 Å². The lowest BCUT2D eigenvalue weighted by Crippen LogP contribution is -2.08. The highest BCUT2D eigenvalue weighted by Gasteiger charge is 2.10. The highest BCUT2D eigenvalue weighted by Crippen LogP contribution is 2.27. The van der Waals surface area contributed by atoms with Crippen LogP contribution in [0.15, 0.2) is 24.3 Å². The Hall–Kier alpha value is -2.47. The molecule has 0 aliphatic heterocycles. The average molecular weight is 269 g/mol. The SMILES string of the molecule is COc1cccc2cc3c(N)nc(CCN)nc3nc12. The Balaban J connectivity index is 2.33. The second kappa shape index (κ2) is 4.90. The molecule has 0 aliphatic rings. The number of nitrogens with zero attached hydrogens (tertiary/aromatic N) is 3. The standard InChI is InChI=1S/C14H15N5O/c1-20-10-4-2-3-8-7-9-13(16)17-11(5-6-15)18-14(9)19-12(8)10/h2-4,7H,5-6,15H2,1H3,(H2,16,17,18,19). The molecular weight excluding hydrogens is 254 g/mol. The summed E-state index contributed by atoms with van der Waals surface area (Å²) in [6, 6.07) is 7.67. The smallest absolute Gasteiger partial charge is 0.165 e. The lowest BCUT2D eigenvalue weighted by atomic mass is 10.1. The number of rotatable bonds is 3. The quantitative estimate of drug-likeness (QED) is 0.694. The third kappa shape index (κ3) is 2.00. The van der Waals surface area contributed by atoms with E-state index in [-0.39, 0.29) is 0 Å². The van der Waals surface area contributed by atoms with E-state index in [0.717, 1.165) is 16.3 Å². The molecule has 6 nitrogen and oxygen atoms in total. The number of benzene rings is 1. The van der Waals surface area contributed by atoms with Gasteiger partial charge in [0.25, 0.3) is 0 Å². The van der Waals surface area contributed by atoms with Crippen LogP contribution in [0.2, 0.25) is 0 Å². The number of methoxy groups -OCH3 is 1. The zero-order valence-electron chi connectivity index (χ0n) is 11.1. The maximum Gasteiger partial charge on any atom is 0.165 e. The number of para-hydroxylation sites is 1. The molecular formula is C14H15N5O. The van der Waals surface area contributed by atoms with E-state index in [2.05, 4.69) is 15.0 Å². The molecule has 0 unspecified atom stereocenters. The summed E-state index contributed by atoms with van der Waals surface area (Å²) in [6.07, 6.45) is 0.575. The maximum absolute atomic E-state index is 5.99. The van der Waals surface area contributed by atoms with Crippen molar-refractivity contribution in [3.8, 4) is 5.75 Å². The Morgan fingerprint density at radius 1 is 1.20 bits per heavy atom. The topological polar surface area (TPSA) is 99.9 Å². The summed E-state index contributed by atoms with van der Waals surface area (Å²) in [5.74, 6) is 1.75. The van der Waals surface area contributed by atoms with Crippen molar-refractivity contribution in [2.24, 2.45) is 5.73 Å². The van der Waals surface area contributed by atoms with E-state index in [1.807, 2.05) is 24.3 Å². The van der Waals surface area contributed by atoms with Gasteiger partial charge in [-0.3, -0.25) is 0 Å². The van der Waals surface area contributed by atoms with Crippen LogP contribution in [0.3, 0.4) is 0 Å². The minimum Gasteiger partial charge on any atom is -0.494 e. The molecule has 0 aliphatic carbocycles. The second-order valence-electron chi connectivity index (χ2n) is 4.46. The largest absolute Gasteiger partial charge is 0.494 e. The Morgan fingerprint density at radius 3 is 2.80 bits per heavy atom. The van der Waals surface area contributed by atoms with Gasteiger partial charge in [0, 0.05) is 11.8 Å². The molecule has 2 aromatic heterocycles. The summed E-state index contributed by atoms with van der Waals surface area (Å²) in [4.78, 5) is 13.2. The normalized spacial score (nSPS) is 11.1. The molecule has 0 atom stereocenters. The minimum atomic E-state index is 0.427. The number of pyridine rings is 1. The minimum absolute atomic E-state index is 0.427. The van der Waals surface area contributed by atoms with Crippen molar-refractivity contribution in [1.29, 1.82) is 0 Å². The van der Waals surface area contributed by atoms with Crippen molar-refractivity contribution in [2.45, 2.75) is 6.42 Å². The van der Waals surface area contributed by atoms with Gasteiger partial charge in [0.1, 0.15) is 22.9 Å². The maximum atomic E-state index is 5.99. The van der Waals surface area contributed by atoms with Gasteiger partial charge in [-0.1, -0.05) is 12.1 Å². The molecule has 0 saturated heterocycles. The molecule has 0 spiro atoms. The van der Waals surface area contributed by atoms with E-state index >= 15 is 0 Å². The van der Waals surface area contributed by atoms with Crippen molar-refractivity contribution >= 4 is 27.8 Å². The predicted octanol–water partition coefficient (Wildman–Crippen LogP) is 1.27. The lowest BCUT2D eigenvalue weighted by Gasteiger charge is -2.08. The fourth-order valence-corrected chi connectivity index (χ4v) is 2.19. The van der Waals surface area contributed by atoms with Gasteiger partial charge in [0.15, 0.2) is 5.65 Å². The predicted molar refractivity (Wildman–Crippen MR) is 78.6 cm³/mol. The first-order valence-electron chi connectivity index (χ1n) is 6.33. The fraction of sp³-hybridized carbons (Fsp3) is 0.214. The van der Waals surface area contributed by atoms with Crippen molar-refractivity contribution in [2.75, 3.05) is 19.4 Å². The van der Waals surface area contributed by atoms with Crippen LogP contribution in [0.5, 0.6) is 5.75 Å². The molecule has 3 rings (SSSR count). The lowest BCUT2D eigenvalue weighted by molar-refractivity contribution is 0.419. The molecule has 4 N–H and O–H groups in total. The van der Waals surface area contributed by atoms with E-state index in [0.29, 0.717) is 36.0 Å². The van der Waals surface area contributed by atoms with Crippen LogP contribution in [0.1, 0.15) is 5.82 Å². The van der Waals surface area contributed by atoms with Crippen LogP contribution < -0.4 is 16.2 Å². The number of anilines is 1. The summed E-state index contributed by atoms with van der Waals surface area (Å²) in [5.41, 5.74) is 12.8. The van der Waals surface area contributed by atoms with Crippen molar-refractivity contribution in [3.05, 3.63) is 30.1 Å². The second-order valence-corrected chi connectivity index (χ2v) is 4.46. The molecule has 102 valence electrons. The fourth-order valence-electron chi connectivity index (χ4n) is 2.19. The summed E-state index contributed by atoms with van der Waals surface area (Å²) in [7, 11) is 1.62. The third-order valence-corrected chi connectivity index (χ3v) is 3.14. The molecule has 3 aromatic rings. The van der Waals surface area contributed by atoms with Gasteiger partial charge in [-0.05, 0) is 18.7 Å². The van der Waals surface area contributed by atoms with Gasteiger partial charge in [-0.2, -0.15) is 0 Å². The summed E-state index contributed by atoms with van der Waals surface area (Å²) < 4.78 is 5.33. The zero-order chi connectivity index (χ0) is 14.1. The highest BCUT2D eigenvalue weighted by atomic mass is 16.5. The molecule has 0 fully saturated rings. The Labute approximate surface area is 115 Å². The van der Waals surface area contributed by atoms with E-state index in [4.69, 9.17) is 16.2 Å². The molecule has 0 radical (unpaired) electrons. The highest BCUT2D eigenvalue weighted by molar-refractivity contribution is 5.97. The zero-order valence-corrected chi connectivity index (χ0v) is 11.1. The van der Waals surface area contributed by atoms with Crippen molar-refractivity contribution in [3.63, 3.8) is 0 Å². The van der Waals surface area contributed by atoms with Crippen LogP contribution in [-0.2, 0) is 6.42 Å². The van der Waals surface area contributed by atoms with Crippen LogP contribution >= 0.6 is 0 Å². The van der Waals surface area contributed by atoms with Gasteiger partial charge in [0.05, 0.1) is 12.5 Å². The number of nitrogen functional groups attached to an aromatic ring is 1. The van der Waals surface area contributed by atoms with E-state index in [1.54, 1.807) is 7.11 Å². The van der Waals surface area contributed by atoms with E-state index in [1.165, 1.54) is 0 Å². The van der Waals surface area contributed by atoms with E-state index in [9.17, 15) is 0 Å². The third-order valence-electron chi connectivity index (χ3n) is 3.14. The van der Waals surface area contributed by atoms with Crippen molar-refractivity contribution < 1.29 is 4.74 Å². The first-order chi connectivity index (χ1) is 9.72. The van der Waals surface area contributed by atoms with Gasteiger partial charge in [-0.15, -0.1) is 0 Å². The molecule has 1 aromatic carbocycles. The van der Waals surface area contributed by atoms with Gasteiger partial charge in [-0.25, -0.2) is 15.0 Å². The van der Waals surface area contributed by atoms with Gasteiger partial charge in [0.2, 0.25) is 0 Å². The molecule has 2 heterocycles. The Kier molecular flexibility index (Phi) is 3.08. The van der Waals surface area contributed by atoms with Crippen LogP contribution in [-0.4, -0.2) is 28.6 Å². The Morgan fingerprint density at radius 2 is 2.05 bits per heavy atom. The van der Waals surface area contributed by atoms with Gasteiger partial charge < -0.3 is 16.2 Å². The first kappa shape index (κ1) is 12.6. The summed E-state index contributed by atoms with van der Waals surface area (Å²) in [6.45, 7) is 0.474. The first-order valence-corrected chi connectivity index (χ1v) is 6.33. The molecule has 0 saturated carbocycles. The molecule has 20 heavy (non-hydrogen) atoms. The van der Waals surface area contributed by atoms with Crippen molar-refractivity contribution in [1.82, 2.24) is 15.0 Å². The average Bonchev–Trinajstić information content (AvgIpc) is 2.45. The van der Waals surface area contributed by atoms with Crippen LogP contribution in [0.4, 0.5) is 5.82 Å². The molecule has 0 bridgehead atoms. The van der Waals surface area contributed by atoms with Crippen LogP contribution in [0.25, 0.3) is 21.9 Å². The number of aromatic nitrogens is 3.